The molecular weight excluding hydrogens is 176 g/mol. The summed E-state index contributed by atoms with van der Waals surface area (Å²) in [6.45, 7) is 13.6. The van der Waals surface area contributed by atoms with Gasteiger partial charge in [0.1, 0.15) is 0 Å². The van der Waals surface area contributed by atoms with Gasteiger partial charge in [-0.2, -0.15) is 0 Å². The molecule has 0 atom stereocenters. The molecule has 0 radical (unpaired) electrons. The number of ether oxygens (including phenoxy) is 1. The molecule has 3 nitrogen and oxygen atoms in total. The maximum atomic E-state index is 5.28. The van der Waals surface area contributed by atoms with E-state index in [4.69, 9.17) is 4.74 Å². The maximum Gasteiger partial charge on any atom is 0.0593 e. The quantitative estimate of drug-likeness (QED) is 0.446. The lowest BCUT2D eigenvalue weighted by atomic mass is 10.3. The number of hydrogen-bond donors (Lipinski definition) is 1. The molecule has 0 spiro atoms. The van der Waals surface area contributed by atoms with E-state index in [1.54, 1.807) is 0 Å². The highest BCUT2D eigenvalue weighted by Crippen LogP contribution is 1.92. The van der Waals surface area contributed by atoms with Gasteiger partial charge < -0.3 is 15.0 Å². The van der Waals surface area contributed by atoms with E-state index in [2.05, 4.69) is 30.8 Å². The lowest BCUT2D eigenvalue weighted by molar-refractivity contribution is 0.125. The SMILES string of the molecule is C=C(CNCC)CN(C)CCOCC. The van der Waals surface area contributed by atoms with Crippen molar-refractivity contribution in [1.82, 2.24) is 10.2 Å². The van der Waals surface area contributed by atoms with Crippen molar-refractivity contribution in [1.29, 1.82) is 0 Å². The Kier molecular flexibility index (Phi) is 8.94. The molecule has 0 aromatic rings. The van der Waals surface area contributed by atoms with Crippen LogP contribution in [-0.2, 0) is 4.74 Å². The van der Waals surface area contributed by atoms with Gasteiger partial charge in [-0.05, 0) is 26.1 Å². The number of rotatable bonds is 9. The fourth-order valence-corrected chi connectivity index (χ4v) is 1.18. The second-order valence-corrected chi connectivity index (χ2v) is 3.47. The highest BCUT2D eigenvalue weighted by atomic mass is 16.5. The topological polar surface area (TPSA) is 24.5 Å². The Morgan fingerprint density at radius 2 is 2.14 bits per heavy atom. The van der Waals surface area contributed by atoms with Gasteiger partial charge in [0.15, 0.2) is 0 Å². The van der Waals surface area contributed by atoms with Crippen LogP contribution in [0.3, 0.4) is 0 Å². The first kappa shape index (κ1) is 13.6. The molecule has 0 aliphatic carbocycles. The summed E-state index contributed by atoms with van der Waals surface area (Å²) in [6.07, 6.45) is 0. The molecule has 0 heterocycles. The zero-order valence-corrected chi connectivity index (χ0v) is 9.81. The van der Waals surface area contributed by atoms with Crippen LogP contribution in [0.4, 0.5) is 0 Å². The third-order valence-electron chi connectivity index (χ3n) is 1.94. The molecular formula is C11H24N2O. The standard InChI is InChI=1S/C11H24N2O/c1-5-12-9-11(3)10-13(4)7-8-14-6-2/h12H,3,5-10H2,1-2,4H3. The summed E-state index contributed by atoms with van der Waals surface area (Å²) >= 11 is 0. The predicted molar refractivity (Wildman–Crippen MR) is 61.7 cm³/mol. The summed E-state index contributed by atoms with van der Waals surface area (Å²) in [6, 6.07) is 0. The number of hydrogen-bond acceptors (Lipinski definition) is 3. The molecule has 0 fully saturated rings. The first-order chi connectivity index (χ1) is 6.70. The van der Waals surface area contributed by atoms with Crippen LogP contribution in [0, 0.1) is 0 Å². The lowest BCUT2D eigenvalue weighted by Crippen LogP contribution is -2.28. The smallest absolute Gasteiger partial charge is 0.0593 e. The Labute approximate surface area is 88.1 Å². The van der Waals surface area contributed by atoms with Gasteiger partial charge in [0, 0.05) is 26.2 Å². The van der Waals surface area contributed by atoms with E-state index >= 15 is 0 Å². The van der Waals surface area contributed by atoms with Crippen molar-refractivity contribution in [3.8, 4) is 0 Å². The van der Waals surface area contributed by atoms with Crippen LogP contribution < -0.4 is 5.32 Å². The van der Waals surface area contributed by atoms with Crippen molar-refractivity contribution in [3.63, 3.8) is 0 Å². The summed E-state index contributed by atoms with van der Waals surface area (Å²) in [4.78, 5) is 2.23. The van der Waals surface area contributed by atoms with Crippen LogP contribution in [0.1, 0.15) is 13.8 Å². The molecule has 0 aromatic heterocycles. The van der Waals surface area contributed by atoms with E-state index in [1.165, 1.54) is 5.57 Å². The minimum atomic E-state index is 0.798. The van der Waals surface area contributed by atoms with Crippen molar-refractivity contribution in [2.24, 2.45) is 0 Å². The summed E-state index contributed by atoms with van der Waals surface area (Å²) < 4.78 is 5.28. The number of likely N-dealkylation sites (N-methyl/N-ethyl adjacent to an activating group) is 2. The van der Waals surface area contributed by atoms with Gasteiger partial charge in [0.25, 0.3) is 0 Å². The average molecular weight is 200 g/mol. The molecule has 0 amide bonds. The summed E-state index contributed by atoms with van der Waals surface area (Å²) in [5.74, 6) is 0. The Bertz CT molecular complexity index is 148. The van der Waals surface area contributed by atoms with Crippen molar-refractivity contribution in [2.75, 3.05) is 46.4 Å². The van der Waals surface area contributed by atoms with Gasteiger partial charge in [0.2, 0.25) is 0 Å². The first-order valence-electron chi connectivity index (χ1n) is 5.34. The van der Waals surface area contributed by atoms with Crippen LogP contribution >= 0.6 is 0 Å². The molecule has 0 saturated heterocycles. The number of nitrogens with one attached hydrogen (secondary N) is 1. The van der Waals surface area contributed by atoms with Gasteiger partial charge in [-0.15, -0.1) is 0 Å². The predicted octanol–water partition coefficient (Wildman–Crippen LogP) is 1.12. The van der Waals surface area contributed by atoms with Crippen molar-refractivity contribution in [2.45, 2.75) is 13.8 Å². The zero-order valence-electron chi connectivity index (χ0n) is 9.81. The second kappa shape index (κ2) is 9.19. The highest BCUT2D eigenvalue weighted by Gasteiger charge is 2.00. The minimum absolute atomic E-state index is 0.798. The Balaban J connectivity index is 3.40. The van der Waals surface area contributed by atoms with E-state index in [0.29, 0.717) is 0 Å². The van der Waals surface area contributed by atoms with Gasteiger partial charge in [-0.25, -0.2) is 0 Å². The third-order valence-corrected chi connectivity index (χ3v) is 1.94. The van der Waals surface area contributed by atoms with Crippen LogP contribution in [0.2, 0.25) is 0 Å². The molecule has 0 rings (SSSR count). The molecule has 0 bridgehead atoms. The summed E-state index contributed by atoms with van der Waals surface area (Å²) in [5, 5.41) is 3.26. The molecule has 3 heteroatoms. The maximum absolute atomic E-state index is 5.28. The van der Waals surface area contributed by atoms with Crippen LogP contribution in [0.15, 0.2) is 12.2 Å². The fraction of sp³-hybridized carbons (Fsp3) is 0.818. The molecule has 0 unspecified atom stereocenters. The zero-order chi connectivity index (χ0) is 10.8. The Morgan fingerprint density at radius 1 is 1.43 bits per heavy atom. The fourth-order valence-electron chi connectivity index (χ4n) is 1.18. The summed E-state index contributed by atoms with van der Waals surface area (Å²) in [7, 11) is 2.09. The summed E-state index contributed by atoms with van der Waals surface area (Å²) in [5.41, 5.74) is 1.23. The van der Waals surface area contributed by atoms with E-state index in [1.807, 2.05) is 6.92 Å². The van der Waals surface area contributed by atoms with Crippen LogP contribution in [0.5, 0.6) is 0 Å². The van der Waals surface area contributed by atoms with Crippen LogP contribution in [0.25, 0.3) is 0 Å². The van der Waals surface area contributed by atoms with E-state index < -0.39 is 0 Å². The second-order valence-electron chi connectivity index (χ2n) is 3.47. The van der Waals surface area contributed by atoms with Crippen LogP contribution in [-0.4, -0.2) is 51.3 Å². The van der Waals surface area contributed by atoms with Crippen molar-refractivity contribution < 1.29 is 4.74 Å². The molecule has 84 valence electrons. The average Bonchev–Trinajstić information content (AvgIpc) is 2.15. The van der Waals surface area contributed by atoms with Gasteiger partial charge in [-0.1, -0.05) is 13.5 Å². The first-order valence-corrected chi connectivity index (χ1v) is 5.34. The largest absolute Gasteiger partial charge is 0.380 e. The lowest BCUT2D eigenvalue weighted by Gasteiger charge is -2.17. The Hall–Kier alpha value is -0.380. The molecule has 0 aliphatic heterocycles. The third kappa shape index (κ3) is 8.23. The van der Waals surface area contributed by atoms with E-state index in [-0.39, 0.29) is 0 Å². The number of nitrogens with zero attached hydrogens (tertiary/aromatic N) is 1. The molecule has 1 N–H and O–H groups in total. The minimum Gasteiger partial charge on any atom is -0.380 e. The van der Waals surface area contributed by atoms with Gasteiger partial charge in [0.05, 0.1) is 6.61 Å². The Morgan fingerprint density at radius 3 is 2.71 bits per heavy atom. The van der Waals surface area contributed by atoms with Gasteiger partial charge >= 0.3 is 0 Å². The highest BCUT2D eigenvalue weighted by molar-refractivity contribution is 4.99. The van der Waals surface area contributed by atoms with Gasteiger partial charge in [-0.3, -0.25) is 0 Å². The van der Waals surface area contributed by atoms with E-state index in [0.717, 1.165) is 39.4 Å². The van der Waals surface area contributed by atoms with Crippen molar-refractivity contribution in [3.05, 3.63) is 12.2 Å². The molecule has 0 aliphatic rings. The monoisotopic (exact) mass is 200 g/mol. The normalized spacial score (nSPS) is 10.9. The molecule has 0 aromatic carbocycles. The molecule has 0 saturated carbocycles. The van der Waals surface area contributed by atoms with Crippen molar-refractivity contribution >= 4 is 0 Å². The molecule has 14 heavy (non-hydrogen) atoms. The van der Waals surface area contributed by atoms with E-state index in [9.17, 15) is 0 Å².